The van der Waals surface area contributed by atoms with Gasteiger partial charge in [-0.15, -0.1) is 0 Å². The molecule has 7 nitrogen and oxygen atoms in total. The van der Waals surface area contributed by atoms with Crippen molar-refractivity contribution in [1.82, 2.24) is 10.2 Å². The minimum Gasteiger partial charge on any atom is -0.355 e. The van der Waals surface area contributed by atoms with Gasteiger partial charge >= 0.3 is 0 Å². The molecule has 1 N–H and O–H groups in total. The van der Waals surface area contributed by atoms with Gasteiger partial charge in [-0.1, -0.05) is 78.2 Å². The van der Waals surface area contributed by atoms with Gasteiger partial charge in [0.1, 0.15) is 12.6 Å². The normalized spacial score (nSPS) is 12.0. The van der Waals surface area contributed by atoms with Gasteiger partial charge in [0.05, 0.1) is 20.6 Å². The van der Waals surface area contributed by atoms with Gasteiger partial charge in [-0.05, 0) is 62.6 Å². The number of rotatable bonds is 12. The van der Waals surface area contributed by atoms with Crippen LogP contribution in [0.2, 0.25) is 10.0 Å². The number of anilines is 1. The first-order chi connectivity index (χ1) is 18.6. The summed E-state index contributed by atoms with van der Waals surface area (Å²) in [4.78, 5) is 28.4. The molecule has 0 spiro atoms. The summed E-state index contributed by atoms with van der Waals surface area (Å²) in [6.45, 7) is 5.60. The van der Waals surface area contributed by atoms with E-state index in [-0.39, 0.29) is 33.1 Å². The van der Waals surface area contributed by atoms with Gasteiger partial charge in [0.2, 0.25) is 11.8 Å². The van der Waals surface area contributed by atoms with Gasteiger partial charge in [0.15, 0.2) is 0 Å². The average molecular weight is 591 g/mol. The third-order valence-electron chi connectivity index (χ3n) is 6.30. The molecule has 0 heterocycles. The van der Waals surface area contributed by atoms with Crippen LogP contribution in [0.15, 0.2) is 77.7 Å². The predicted molar refractivity (Wildman–Crippen MR) is 157 cm³/mol. The van der Waals surface area contributed by atoms with E-state index in [9.17, 15) is 18.0 Å². The van der Waals surface area contributed by atoms with Crippen LogP contribution in [0.25, 0.3) is 0 Å². The molecule has 0 radical (unpaired) electrons. The van der Waals surface area contributed by atoms with E-state index < -0.39 is 28.5 Å². The van der Waals surface area contributed by atoms with Crippen LogP contribution in [0.5, 0.6) is 0 Å². The number of sulfonamides is 1. The summed E-state index contributed by atoms with van der Waals surface area (Å²) in [5, 5.41) is 3.20. The molecule has 3 aromatic rings. The van der Waals surface area contributed by atoms with Crippen molar-refractivity contribution in [3.05, 3.63) is 94.0 Å². The van der Waals surface area contributed by atoms with E-state index in [1.807, 2.05) is 44.2 Å². The molecule has 0 aromatic heterocycles. The van der Waals surface area contributed by atoms with Gasteiger partial charge in [-0.25, -0.2) is 8.42 Å². The third-order valence-corrected chi connectivity index (χ3v) is 8.83. The molecule has 0 aliphatic rings. The molecular weight excluding hydrogens is 557 g/mol. The fraction of sp³-hybridized carbons (Fsp3) is 0.310. The highest BCUT2D eigenvalue weighted by Crippen LogP contribution is 2.31. The third kappa shape index (κ3) is 7.75. The van der Waals surface area contributed by atoms with Crippen LogP contribution in [0.4, 0.5) is 5.69 Å². The Kier molecular flexibility index (Phi) is 10.8. The number of likely N-dealkylation sites (N-methyl/N-ethyl adjacent to an activating group) is 1. The summed E-state index contributed by atoms with van der Waals surface area (Å²) in [5.41, 5.74) is 2.08. The van der Waals surface area contributed by atoms with Gasteiger partial charge in [-0.2, -0.15) is 0 Å². The van der Waals surface area contributed by atoms with Crippen LogP contribution in [0, 0.1) is 6.92 Å². The quantitative estimate of drug-likeness (QED) is 0.303. The van der Waals surface area contributed by atoms with Crippen molar-refractivity contribution >= 4 is 50.7 Å². The molecule has 3 aromatic carbocycles. The standard InChI is InChI=1S/C29H33Cl2N3O4S/c1-4-27(29(36)32-5-2)33(18-17-22-9-7-6-8-10-22)28(35)20-34(23-13-16-25(30)26(31)19-23)39(37,38)24-14-11-21(3)12-15-24/h6-16,19,27H,4-5,17-18,20H2,1-3H3,(H,32,36). The number of benzene rings is 3. The Morgan fingerprint density at radius 1 is 0.923 bits per heavy atom. The molecule has 0 fully saturated rings. The maximum absolute atomic E-state index is 13.9. The molecule has 2 amide bonds. The molecule has 0 saturated heterocycles. The first kappa shape index (κ1) is 30.5. The molecular formula is C29H33Cl2N3O4S. The molecule has 0 aliphatic carbocycles. The van der Waals surface area contributed by atoms with Crippen molar-refractivity contribution in [1.29, 1.82) is 0 Å². The monoisotopic (exact) mass is 589 g/mol. The number of nitrogens with one attached hydrogen (secondary N) is 1. The van der Waals surface area contributed by atoms with Crippen molar-refractivity contribution in [2.75, 3.05) is 23.9 Å². The molecule has 10 heteroatoms. The largest absolute Gasteiger partial charge is 0.355 e. The smallest absolute Gasteiger partial charge is 0.264 e. The molecule has 39 heavy (non-hydrogen) atoms. The second-order valence-electron chi connectivity index (χ2n) is 9.06. The number of hydrogen-bond acceptors (Lipinski definition) is 4. The Morgan fingerprint density at radius 3 is 2.18 bits per heavy atom. The Bertz CT molecular complexity index is 1380. The number of amides is 2. The minimum atomic E-state index is -4.18. The maximum Gasteiger partial charge on any atom is 0.264 e. The van der Waals surface area contributed by atoms with Gasteiger partial charge in [0.25, 0.3) is 10.0 Å². The van der Waals surface area contributed by atoms with E-state index in [1.165, 1.54) is 35.2 Å². The second-order valence-corrected chi connectivity index (χ2v) is 11.7. The zero-order valence-electron chi connectivity index (χ0n) is 22.2. The van der Waals surface area contributed by atoms with Crippen molar-refractivity contribution < 1.29 is 18.0 Å². The lowest BCUT2D eigenvalue weighted by atomic mass is 10.1. The number of carbonyl (C=O) groups is 2. The van der Waals surface area contributed by atoms with Crippen LogP contribution in [0.3, 0.4) is 0 Å². The summed E-state index contributed by atoms with van der Waals surface area (Å²) in [6.07, 6.45) is 0.865. The van der Waals surface area contributed by atoms with E-state index in [1.54, 1.807) is 19.1 Å². The highest BCUT2D eigenvalue weighted by molar-refractivity contribution is 7.92. The van der Waals surface area contributed by atoms with E-state index >= 15 is 0 Å². The highest BCUT2D eigenvalue weighted by atomic mass is 35.5. The summed E-state index contributed by atoms with van der Waals surface area (Å²) in [7, 11) is -4.18. The minimum absolute atomic E-state index is 0.0265. The van der Waals surface area contributed by atoms with Gasteiger partial charge in [-0.3, -0.25) is 13.9 Å². The fourth-order valence-corrected chi connectivity index (χ4v) is 5.89. The first-order valence-electron chi connectivity index (χ1n) is 12.7. The van der Waals surface area contributed by atoms with Crippen LogP contribution in [-0.4, -0.2) is 50.8 Å². The van der Waals surface area contributed by atoms with E-state index in [2.05, 4.69) is 5.32 Å². The molecule has 208 valence electrons. The first-order valence-corrected chi connectivity index (χ1v) is 14.9. The average Bonchev–Trinajstić information content (AvgIpc) is 2.92. The fourth-order valence-electron chi connectivity index (χ4n) is 4.19. The van der Waals surface area contributed by atoms with E-state index in [4.69, 9.17) is 23.2 Å². The second kappa shape index (κ2) is 13.8. The van der Waals surface area contributed by atoms with Crippen molar-refractivity contribution in [3.63, 3.8) is 0 Å². The summed E-state index contributed by atoms with van der Waals surface area (Å²) in [6, 6.07) is 19.6. The lowest BCUT2D eigenvalue weighted by molar-refractivity contribution is -0.139. The molecule has 1 atom stereocenters. The SMILES string of the molecule is CCNC(=O)C(CC)N(CCc1ccccc1)C(=O)CN(c1ccc(Cl)c(Cl)c1)S(=O)(=O)c1ccc(C)cc1. The zero-order chi connectivity index (χ0) is 28.6. The Labute approximate surface area is 240 Å². The van der Waals surface area contributed by atoms with Crippen molar-refractivity contribution in [3.8, 4) is 0 Å². The van der Waals surface area contributed by atoms with Crippen molar-refractivity contribution in [2.45, 2.75) is 44.6 Å². The Balaban J connectivity index is 2.03. The summed E-state index contributed by atoms with van der Waals surface area (Å²) < 4.78 is 28.7. The lowest BCUT2D eigenvalue weighted by Gasteiger charge is -2.33. The molecule has 3 rings (SSSR count). The number of halogens is 2. The lowest BCUT2D eigenvalue weighted by Crippen LogP contribution is -2.53. The van der Waals surface area contributed by atoms with E-state index in [0.717, 1.165) is 15.4 Å². The molecule has 0 saturated carbocycles. The number of nitrogens with zero attached hydrogens (tertiary/aromatic N) is 2. The number of carbonyl (C=O) groups excluding carboxylic acids is 2. The van der Waals surface area contributed by atoms with Gasteiger partial charge < -0.3 is 10.2 Å². The molecule has 0 aliphatic heterocycles. The number of hydrogen-bond donors (Lipinski definition) is 1. The maximum atomic E-state index is 13.9. The molecule has 1 unspecified atom stereocenters. The van der Waals surface area contributed by atoms with Crippen molar-refractivity contribution in [2.24, 2.45) is 0 Å². The van der Waals surface area contributed by atoms with Crippen LogP contribution in [-0.2, 0) is 26.0 Å². The predicted octanol–water partition coefficient (Wildman–Crippen LogP) is 5.48. The Hall–Kier alpha value is -3.07. The highest BCUT2D eigenvalue weighted by Gasteiger charge is 2.33. The van der Waals surface area contributed by atoms with E-state index in [0.29, 0.717) is 19.4 Å². The zero-order valence-corrected chi connectivity index (χ0v) is 24.6. The topological polar surface area (TPSA) is 86.8 Å². The summed E-state index contributed by atoms with van der Waals surface area (Å²) in [5.74, 6) is -0.797. The summed E-state index contributed by atoms with van der Waals surface area (Å²) >= 11 is 12.3. The number of aryl methyl sites for hydroxylation is 1. The van der Waals surface area contributed by atoms with Crippen LogP contribution >= 0.6 is 23.2 Å². The van der Waals surface area contributed by atoms with Crippen LogP contribution in [0.1, 0.15) is 31.4 Å². The van der Waals surface area contributed by atoms with Crippen LogP contribution < -0.4 is 9.62 Å². The molecule has 0 bridgehead atoms. The van der Waals surface area contributed by atoms with Gasteiger partial charge in [0, 0.05) is 13.1 Å². The Morgan fingerprint density at radius 2 is 1.59 bits per heavy atom.